The summed E-state index contributed by atoms with van der Waals surface area (Å²) in [5.41, 5.74) is 10.9. The van der Waals surface area contributed by atoms with E-state index in [1.807, 2.05) is 72.8 Å². The summed E-state index contributed by atoms with van der Waals surface area (Å²) < 4.78 is 15.2. The monoisotopic (exact) mass is 883 g/mol. The van der Waals surface area contributed by atoms with E-state index in [1.54, 1.807) is 45.6 Å². The van der Waals surface area contributed by atoms with Gasteiger partial charge in [-0.05, 0) is 91.0 Å². The van der Waals surface area contributed by atoms with Gasteiger partial charge in [-0.2, -0.15) is 0 Å². The van der Waals surface area contributed by atoms with Crippen molar-refractivity contribution in [3.05, 3.63) is 168 Å². The van der Waals surface area contributed by atoms with Crippen molar-refractivity contribution in [3.63, 3.8) is 0 Å². The van der Waals surface area contributed by atoms with Crippen LogP contribution in [0.4, 0.5) is 28.4 Å². The van der Waals surface area contributed by atoms with E-state index in [-0.39, 0.29) is 33.5 Å². The Morgan fingerprint density at radius 1 is 0.517 bits per heavy atom. The molecule has 302 valence electrons. The quantitative estimate of drug-likeness (QED) is 0.0507. The number of rotatable bonds is 10. The van der Waals surface area contributed by atoms with Crippen LogP contribution >= 0.6 is 59.4 Å². The van der Waals surface area contributed by atoms with Crippen molar-refractivity contribution in [1.29, 1.82) is 0 Å². The number of halogens is 2. The minimum absolute atomic E-state index is 0.0741. The van der Waals surface area contributed by atoms with Crippen LogP contribution in [-0.2, 0) is 0 Å². The zero-order valence-corrected chi connectivity index (χ0v) is 34.9. The fourth-order valence-electron chi connectivity index (χ4n) is 4.37. The zero-order chi connectivity index (χ0) is 42.8. The molecule has 6 aromatic carbocycles. The van der Waals surface area contributed by atoms with E-state index in [0.717, 1.165) is 41.7 Å². The van der Waals surface area contributed by atoms with E-state index >= 15 is 0 Å². The summed E-state index contributed by atoms with van der Waals surface area (Å²) in [6, 6.07) is 36.1. The number of nitrogens with two attached hydrogens (primary N) is 2. The van der Waals surface area contributed by atoms with Crippen molar-refractivity contribution in [2.75, 3.05) is 32.8 Å². The van der Waals surface area contributed by atoms with Crippen LogP contribution in [0.1, 0.15) is 0 Å². The molecule has 0 bridgehead atoms. The molecule has 0 saturated heterocycles. The molecule has 0 atom stereocenters. The van der Waals surface area contributed by atoms with E-state index in [4.69, 9.17) is 48.9 Å². The minimum atomic E-state index is -0.550. The first-order valence-corrected chi connectivity index (χ1v) is 19.1. The van der Waals surface area contributed by atoms with Gasteiger partial charge in [0.25, 0.3) is 17.1 Å². The van der Waals surface area contributed by atoms with E-state index in [1.165, 1.54) is 53.9 Å². The number of methoxy groups -OCH3 is 3. The minimum Gasteiger partial charge on any atom is -0.497 e. The third kappa shape index (κ3) is 15.2. The average Bonchev–Trinajstić information content (AvgIpc) is 3.18. The highest BCUT2D eigenvalue weighted by Crippen LogP contribution is 2.35. The van der Waals surface area contributed by atoms with Gasteiger partial charge in [-0.25, -0.2) is 0 Å². The molecule has 0 aromatic heterocycles. The van der Waals surface area contributed by atoms with Gasteiger partial charge in [0.1, 0.15) is 33.6 Å². The Morgan fingerprint density at radius 2 is 0.914 bits per heavy atom. The average molecular weight is 885 g/mol. The summed E-state index contributed by atoms with van der Waals surface area (Å²) in [5, 5.41) is 32.1. The van der Waals surface area contributed by atoms with Gasteiger partial charge in [-0.3, -0.25) is 30.3 Å². The molecule has 4 N–H and O–H groups in total. The molecule has 0 radical (unpaired) electrons. The first kappa shape index (κ1) is 46.5. The Labute approximate surface area is 357 Å². The molecule has 0 fully saturated rings. The molecule has 6 rings (SSSR count). The normalized spacial score (nSPS) is 9.90. The van der Waals surface area contributed by atoms with Crippen LogP contribution < -0.4 is 25.7 Å². The number of hydrogen-bond donors (Lipinski definition) is 3. The number of anilines is 2. The molecule has 0 unspecified atom stereocenters. The number of nitrogens with zero attached hydrogens (tertiary/aromatic N) is 3. The lowest BCUT2D eigenvalue weighted by atomic mass is 10.3. The molecule has 0 aliphatic heterocycles. The molecule has 19 heteroatoms. The Hall–Kier alpha value is -5.85. The first-order chi connectivity index (χ1) is 27.6. The second-order valence-electron chi connectivity index (χ2n) is 11.1. The summed E-state index contributed by atoms with van der Waals surface area (Å²) >= 11 is 18.5. The van der Waals surface area contributed by atoms with Crippen molar-refractivity contribution in [3.8, 4) is 17.2 Å². The lowest BCUT2D eigenvalue weighted by Gasteiger charge is -2.05. The third-order valence-corrected chi connectivity index (χ3v) is 9.88. The van der Waals surface area contributed by atoms with Gasteiger partial charge in [0.05, 0.1) is 36.1 Å². The molecule has 58 heavy (non-hydrogen) atoms. The maximum absolute atomic E-state index is 10.7. The van der Waals surface area contributed by atoms with Crippen LogP contribution in [-0.4, -0.2) is 36.1 Å². The Bertz CT molecular complexity index is 2250. The number of nitro groups is 3. The molecule has 14 nitrogen and oxygen atoms in total. The van der Waals surface area contributed by atoms with Crippen molar-refractivity contribution < 1.29 is 29.0 Å². The second kappa shape index (κ2) is 23.4. The first-order valence-electron chi connectivity index (χ1n) is 16.3. The zero-order valence-electron chi connectivity index (χ0n) is 30.8. The maximum Gasteiger partial charge on any atom is 0.292 e. The number of thiol groups is 1. The largest absolute Gasteiger partial charge is 0.497 e. The van der Waals surface area contributed by atoms with E-state index in [2.05, 4.69) is 12.6 Å². The summed E-state index contributed by atoms with van der Waals surface area (Å²) in [4.78, 5) is 34.6. The SMILES string of the molecule is COc1cccc(S)c1.COc1cccc(Sc2ccc([N+](=O)[O-])c(Cl)c2)c1.COc1cccc(Sc2ccc([N+](=O)[O-])c(N)c2)c1.Nc1cc(Cl)ccc1[N+](=O)[O-]. The van der Waals surface area contributed by atoms with Crippen molar-refractivity contribution in [2.24, 2.45) is 0 Å². The lowest BCUT2D eigenvalue weighted by Crippen LogP contribution is -1.95. The van der Waals surface area contributed by atoms with Gasteiger partial charge in [-0.15, -0.1) is 12.6 Å². The Morgan fingerprint density at radius 3 is 1.31 bits per heavy atom. The molecule has 0 heterocycles. The highest BCUT2D eigenvalue weighted by atomic mass is 35.5. The molecule has 6 aromatic rings. The highest BCUT2D eigenvalue weighted by molar-refractivity contribution is 7.99. The molecular formula is C39H35Cl2N5O9S3. The highest BCUT2D eigenvalue weighted by Gasteiger charge is 2.14. The van der Waals surface area contributed by atoms with Gasteiger partial charge >= 0.3 is 0 Å². The summed E-state index contributed by atoms with van der Waals surface area (Å²) in [5.74, 6) is 2.38. The van der Waals surface area contributed by atoms with Crippen LogP contribution in [0.5, 0.6) is 17.2 Å². The number of ether oxygens (including phenoxy) is 3. The third-order valence-electron chi connectivity index (χ3n) is 7.10. The van der Waals surface area contributed by atoms with Crippen molar-refractivity contribution >= 4 is 87.8 Å². The van der Waals surface area contributed by atoms with Crippen LogP contribution in [0.15, 0.2) is 152 Å². The van der Waals surface area contributed by atoms with Gasteiger partial charge < -0.3 is 25.7 Å². The van der Waals surface area contributed by atoms with Crippen molar-refractivity contribution in [1.82, 2.24) is 0 Å². The number of nitrogen functional groups attached to an aromatic ring is 2. The second-order valence-corrected chi connectivity index (χ2v) is 14.7. The van der Waals surface area contributed by atoms with Gasteiger partial charge in [0.15, 0.2) is 0 Å². The van der Waals surface area contributed by atoms with Gasteiger partial charge in [0, 0.05) is 47.7 Å². The smallest absolute Gasteiger partial charge is 0.292 e. The summed E-state index contributed by atoms with van der Waals surface area (Å²) in [7, 11) is 4.85. The predicted octanol–water partition coefficient (Wildman–Crippen LogP) is 11.6. The van der Waals surface area contributed by atoms with E-state index < -0.39 is 14.8 Å². The van der Waals surface area contributed by atoms with Crippen LogP contribution in [0.25, 0.3) is 0 Å². The number of benzene rings is 6. The summed E-state index contributed by atoms with van der Waals surface area (Å²) in [6.07, 6.45) is 0. The van der Waals surface area contributed by atoms with E-state index in [9.17, 15) is 30.3 Å². The maximum atomic E-state index is 10.7. The van der Waals surface area contributed by atoms with Crippen LogP contribution in [0.3, 0.4) is 0 Å². The van der Waals surface area contributed by atoms with Gasteiger partial charge in [-0.1, -0.05) is 64.9 Å². The topological polar surface area (TPSA) is 209 Å². The molecule has 0 amide bonds. The standard InChI is InChI=1S/C13H10ClNO3S.C13H12N2O3S.C7H8OS.C6H5ClN2O2/c2*1-18-9-3-2-4-10(7-9)19-11-5-6-13(15(16)17)12(14)8-11;1-8-6-3-2-4-7(9)5-6;7-4-1-2-6(9(10)11)5(8)3-4/h2-8H,1H3;2-8H,14H2,1H3;2-5,9H,1H3;1-3H,8H2. The lowest BCUT2D eigenvalue weighted by molar-refractivity contribution is -0.384. The summed E-state index contributed by atoms with van der Waals surface area (Å²) in [6.45, 7) is 0. The molecule has 0 saturated carbocycles. The Kier molecular flexibility index (Phi) is 18.8. The van der Waals surface area contributed by atoms with Crippen LogP contribution in [0.2, 0.25) is 10.0 Å². The predicted molar refractivity (Wildman–Crippen MR) is 233 cm³/mol. The van der Waals surface area contributed by atoms with Crippen LogP contribution in [0, 0.1) is 30.3 Å². The fourth-order valence-corrected chi connectivity index (χ4v) is 6.90. The number of nitro benzene ring substituents is 3. The van der Waals surface area contributed by atoms with Crippen molar-refractivity contribution in [2.45, 2.75) is 24.5 Å². The van der Waals surface area contributed by atoms with Gasteiger partial charge in [0.2, 0.25) is 0 Å². The Balaban J connectivity index is 0.000000217. The molecule has 0 aliphatic carbocycles. The molecule has 0 aliphatic rings. The fraction of sp³-hybridized carbons (Fsp3) is 0.0769. The molecular weight excluding hydrogens is 850 g/mol. The number of hydrogen-bond acceptors (Lipinski definition) is 14. The van der Waals surface area contributed by atoms with E-state index in [0.29, 0.717) is 5.02 Å². The molecule has 0 spiro atoms.